The zero-order valence-corrected chi connectivity index (χ0v) is 10.2. The maximum Gasteiger partial charge on any atom is 0.162 e. The molecular weight excluding hydrogens is 217 g/mol. The van der Waals surface area contributed by atoms with E-state index in [2.05, 4.69) is 5.32 Å². The van der Waals surface area contributed by atoms with Gasteiger partial charge in [0.05, 0.1) is 5.54 Å². The Hall–Kier alpha value is -1.38. The predicted molar refractivity (Wildman–Crippen MR) is 64.8 cm³/mol. The summed E-state index contributed by atoms with van der Waals surface area (Å²) in [5.74, 6) is -0.168. The Kier molecular flexibility index (Phi) is 2.09. The van der Waals surface area contributed by atoms with Crippen molar-refractivity contribution in [2.45, 2.75) is 45.1 Å². The topological polar surface area (TPSA) is 29.1 Å². The molecule has 1 aliphatic carbocycles. The van der Waals surface area contributed by atoms with Gasteiger partial charge in [0.1, 0.15) is 5.82 Å². The lowest BCUT2D eigenvalue weighted by atomic mass is 9.85. The van der Waals surface area contributed by atoms with Gasteiger partial charge in [0.2, 0.25) is 0 Å². The Labute approximate surface area is 100 Å². The fourth-order valence-corrected chi connectivity index (χ4v) is 2.84. The summed E-state index contributed by atoms with van der Waals surface area (Å²) in [4.78, 5) is 11.9. The van der Waals surface area contributed by atoms with Crippen LogP contribution in [-0.4, -0.2) is 11.3 Å². The predicted octanol–water partition coefficient (Wildman–Crippen LogP) is 2.63. The number of fused-ring (bicyclic) bond motifs is 3. The van der Waals surface area contributed by atoms with E-state index in [9.17, 15) is 9.18 Å². The summed E-state index contributed by atoms with van der Waals surface area (Å²) in [6.45, 7) is 3.73. The van der Waals surface area contributed by atoms with E-state index < -0.39 is 5.54 Å². The lowest BCUT2D eigenvalue weighted by Gasteiger charge is -2.34. The molecule has 0 unspecified atom stereocenters. The van der Waals surface area contributed by atoms with Crippen molar-refractivity contribution in [2.24, 2.45) is 0 Å². The zero-order valence-electron chi connectivity index (χ0n) is 10.2. The van der Waals surface area contributed by atoms with Gasteiger partial charge in [-0.2, -0.15) is 0 Å². The second kappa shape index (κ2) is 3.31. The molecule has 1 aliphatic heterocycles. The van der Waals surface area contributed by atoms with Gasteiger partial charge in [-0.1, -0.05) is 0 Å². The Morgan fingerprint density at radius 2 is 2.06 bits per heavy atom. The van der Waals surface area contributed by atoms with Crippen LogP contribution in [0.3, 0.4) is 0 Å². The number of anilines is 1. The number of Topliss-reactive ketones (excluding diaryl/α,β-unsaturated/α-hetero) is 1. The summed E-state index contributed by atoms with van der Waals surface area (Å²) in [6.07, 6.45) is 3.25. The molecule has 3 rings (SSSR count). The fourth-order valence-electron chi connectivity index (χ4n) is 2.84. The Morgan fingerprint density at radius 1 is 1.29 bits per heavy atom. The molecule has 0 amide bonds. The monoisotopic (exact) mass is 233 g/mol. The molecule has 0 aromatic heterocycles. The van der Waals surface area contributed by atoms with Crippen molar-refractivity contribution in [3.63, 3.8) is 0 Å². The van der Waals surface area contributed by atoms with Crippen molar-refractivity contribution in [2.75, 3.05) is 5.32 Å². The minimum atomic E-state index is -0.572. The molecule has 2 nitrogen and oxygen atoms in total. The normalized spacial score (nSPS) is 20.8. The molecule has 2 aliphatic rings. The molecule has 0 atom stereocenters. The number of benzene rings is 1. The molecule has 1 aromatic carbocycles. The van der Waals surface area contributed by atoms with E-state index in [1.807, 2.05) is 13.8 Å². The molecule has 0 fully saturated rings. The van der Waals surface area contributed by atoms with Crippen LogP contribution in [0.2, 0.25) is 0 Å². The highest BCUT2D eigenvalue weighted by molar-refractivity contribution is 5.96. The number of rotatable bonds is 0. The molecule has 1 aromatic rings. The summed E-state index contributed by atoms with van der Waals surface area (Å²) < 4.78 is 14.0. The summed E-state index contributed by atoms with van der Waals surface area (Å²) in [5, 5.41) is 3.24. The fraction of sp³-hybridized carbons (Fsp3) is 0.500. The van der Waals surface area contributed by atoms with Crippen LogP contribution in [0.1, 0.15) is 37.0 Å². The van der Waals surface area contributed by atoms with E-state index in [1.165, 1.54) is 5.56 Å². The molecule has 90 valence electrons. The van der Waals surface area contributed by atoms with Gasteiger partial charge < -0.3 is 5.32 Å². The van der Waals surface area contributed by atoms with Gasteiger partial charge in [-0.05, 0) is 50.3 Å². The van der Waals surface area contributed by atoms with Gasteiger partial charge in [0.15, 0.2) is 5.78 Å². The van der Waals surface area contributed by atoms with Crippen LogP contribution in [0.5, 0.6) is 0 Å². The van der Waals surface area contributed by atoms with E-state index in [1.54, 1.807) is 6.07 Å². The molecule has 3 heteroatoms. The summed E-state index contributed by atoms with van der Waals surface area (Å²) >= 11 is 0. The van der Waals surface area contributed by atoms with Crippen LogP contribution in [0.25, 0.3) is 0 Å². The van der Waals surface area contributed by atoms with Crippen LogP contribution < -0.4 is 5.32 Å². The Balaban J connectivity index is 2.20. The lowest BCUT2D eigenvalue weighted by Crippen LogP contribution is -2.45. The Morgan fingerprint density at radius 3 is 2.82 bits per heavy atom. The minimum absolute atomic E-state index is 0.0573. The number of aryl methyl sites for hydroxylation is 1. The number of halogens is 1. The van der Waals surface area contributed by atoms with Crippen LogP contribution in [0.4, 0.5) is 10.1 Å². The number of hydrogen-bond acceptors (Lipinski definition) is 2. The van der Waals surface area contributed by atoms with Crippen molar-refractivity contribution in [3.05, 3.63) is 28.6 Å². The quantitative estimate of drug-likeness (QED) is 0.746. The first kappa shape index (κ1) is 10.8. The SMILES string of the molecule is CC1(C)Nc2c(c(F)cc3c2CCC3)CC1=O. The number of hydrogen-bond donors (Lipinski definition) is 1. The maximum atomic E-state index is 14.0. The highest BCUT2D eigenvalue weighted by Crippen LogP contribution is 2.38. The first-order valence-corrected chi connectivity index (χ1v) is 6.13. The highest BCUT2D eigenvalue weighted by Gasteiger charge is 2.36. The average Bonchev–Trinajstić information content (AvgIpc) is 2.69. The van der Waals surface area contributed by atoms with Crippen LogP contribution >= 0.6 is 0 Å². The Bertz CT molecular complexity index is 519. The molecule has 0 radical (unpaired) electrons. The van der Waals surface area contributed by atoms with Gasteiger partial charge in [-0.3, -0.25) is 4.79 Å². The van der Waals surface area contributed by atoms with Gasteiger partial charge >= 0.3 is 0 Å². The molecule has 0 bridgehead atoms. The summed E-state index contributed by atoms with van der Waals surface area (Å²) in [6, 6.07) is 1.62. The molecule has 0 saturated heterocycles. The van der Waals surface area contributed by atoms with E-state index in [0.717, 1.165) is 30.5 Å². The second-order valence-corrected chi connectivity index (χ2v) is 5.55. The standard InChI is InChI=1S/C14H16FNO/c1-14(2)12(17)7-10-11(15)6-8-4-3-5-9(8)13(10)16-14/h6,16H,3-5,7H2,1-2H3. The minimum Gasteiger partial charge on any atom is -0.373 e. The molecule has 17 heavy (non-hydrogen) atoms. The third-order valence-corrected chi connectivity index (χ3v) is 3.93. The van der Waals surface area contributed by atoms with Crippen molar-refractivity contribution < 1.29 is 9.18 Å². The van der Waals surface area contributed by atoms with E-state index in [0.29, 0.717) is 5.56 Å². The average molecular weight is 233 g/mol. The smallest absolute Gasteiger partial charge is 0.162 e. The molecule has 1 heterocycles. The second-order valence-electron chi connectivity index (χ2n) is 5.55. The van der Waals surface area contributed by atoms with E-state index in [-0.39, 0.29) is 18.0 Å². The van der Waals surface area contributed by atoms with Gasteiger partial charge in [-0.25, -0.2) is 4.39 Å². The highest BCUT2D eigenvalue weighted by atomic mass is 19.1. The molecular formula is C14H16FNO. The number of nitrogens with one attached hydrogen (secondary N) is 1. The van der Waals surface area contributed by atoms with Crippen molar-refractivity contribution in [1.29, 1.82) is 0 Å². The van der Waals surface area contributed by atoms with Crippen LogP contribution in [0.15, 0.2) is 6.07 Å². The van der Waals surface area contributed by atoms with Crippen LogP contribution in [0, 0.1) is 5.82 Å². The third kappa shape index (κ3) is 1.48. The summed E-state index contributed by atoms with van der Waals surface area (Å²) in [7, 11) is 0. The van der Waals surface area contributed by atoms with Crippen molar-refractivity contribution in [1.82, 2.24) is 0 Å². The molecule has 1 N–H and O–H groups in total. The maximum absolute atomic E-state index is 14.0. The van der Waals surface area contributed by atoms with Crippen molar-refractivity contribution >= 4 is 11.5 Å². The third-order valence-electron chi connectivity index (χ3n) is 3.93. The first-order chi connectivity index (χ1) is 7.99. The first-order valence-electron chi connectivity index (χ1n) is 6.13. The van der Waals surface area contributed by atoms with Gasteiger partial charge in [-0.15, -0.1) is 0 Å². The molecule has 0 spiro atoms. The number of carbonyl (C=O) groups excluding carboxylic acids is 1. The number of ketones is 1. The van der Waals surface area contributed by atoms with Crippen molar-refractivity contribution in [3.8, 4) is 0 Å². The largest absolute Gasteiger partial charge is 0.373 e. The van der Waals surface area contributed by atoms with Gasteiger partial charge in [0, 0.05) is 17.7 Å². The lowest BCUT2D eigenvalue weighted by molar-refractivity contribution is -0.122. The zero-order chi connectivity index (χ0) is 12.2. The van der Waals surface area contributed by atoms with E-state index in [4.69, 9.17) is 0 Å². The molecule has 0 saturated carbocycles. The number of carbonyl (C=O) groups is 1. The van der Waals surface area contributed by atoms with Crippen LogP contribution in [-0.2, 0) is 24.1 Å². The van der Waals surface area contributed by atoms with Gasteiger partial charge in [0.25, 0.3) is 0 Å². The summed E-state index contributed by atoms with van der Waals surface area (Å²) in [5.41, 5.74) is 3.22. The van der Waals surface area contributed by atoms with E-state index >= 15 is 0 Å².